The molecule has 0 saturated carbocycles. The molecule has 0 radical (unpaired) electrons. The van der Waals surface area contributed by atoms with Gasteiger partial charge in [-0.2, -0.15) is 0 Å². The summed E-state index contributed by atoms with van der Waals surface area (Å²) in [5, 5.41) is 17.9. The van der Waals surface area contributed by atoms with Crippen molar-refractivity contribution in [2.75, 3.05) is 0 Å². The van der Waals surface area contributed by atoms with Gasteiger partial charge in [-0.3, -0.25) is 0 Å². The number of aromatic nitrogens is 3. The second-order valence-corrected chi connectivity index (χ2v) is 5.51. The SMILES string of the molecule is Cc1ccc(-n2nnc(CO)c2Cc2ccccc2)c(C)c1. The van der Waals surface area contributed by atoms with Gasteiger partial charge in [-0.1, -0.05) is 53.2 Å². The first-order valence-electron chi connectivity index (χ1n) is 7.35. The molecular weight excluding hydrogens is 274 g/mol. The number of rotatable bonds is 4. The molecule has 3 aromatic rings. The van der Waals surface area contributed by atoms with Gasteiger partial charge in [0.15, 0.2) is 0 Å². The monoisotopic (exact) mass is 293 g/mol. The van der Waals surface area contributed by atoms with Crippen LogP contribution in [0.15, 0.2) is 48.5 Å². The van der Waals surface area contributed by atoms with Gasteiger partial charge in [0.25, 0.3) is 0 Å². The Morgan fingerprint density at radius 1 is 1.05 bits per heavy atom. The third-order valence-corrected chi connectivity index (χ3v) is 3.79. The van der Waals surface area contributed by atoms with Gasteiger partial charge in [-0.05, 0) is 31.0 Å². The molecule has 1 heterocycles. The highest BCUT2D eigenvalue weighted by molar-refractivity contribution is 5.44. The number of nitrogens with zero attached hydrogens (tertiary/aromatic N) is 3. The van der Waals surface area contributed by atoms with Crippen LogP contribution in [0.4, 0.5) is 0 Å². The fourth-order valence-electron chi connectivity index (χ4n) is 2.66. The average Bonchev–Trinajstić information content (AvgIpc) is 2.91. The smallest absolute Gasteiger partial charge is 0.112 e. The van der Waals surface area contributed by atoms with E-state index in [0.29, 0.717) is 12.1 Å². The molecule has 0 unspecified atom stereocenters. The Bertz CT molecular complexity index is 778. The summed E-state index contributed by atoms with van der Waals surface area (Å²) in [6.45, 7) is 4.03. The van der Waals surface area contributed by atoms with E-state index in [1.165, 1.54) is 11.1 Å². The minimum absolute atomic E-state index is 0.104. The standard InChI is InChI=1S/C18H19N3O/c1-13-8-9-17(14(2)10-13)21-18(16(12-22)19-20-21)11-15-6-4-3-5-7-15/h3-10,22H,11-12H2,1-2H3. The Balaban J connectivity index is 2.07. The lowest BCUT2D eigenvalue weighted by atomic mass is 10.1. The van der Waals surface area contributed by atoms with Crippen LogP contribution in [0.1, 0.15) is 28.1 Å². The molecule has 2 aromatic carbocycles. The molecule has 0 aliphatic carbocycles. The molecule has 4 heteroatoms. The van der Waals surface area contributed by atoms with Crippen LogP contribution in [0.5, 0.6) is 0 Å². The Kier molecular flexibility index (Phi) is 4.02. The lowest BCUT2D eigenvalue weighted by Gasteiger charge is -2.11. The summed E-state index contributed by atoms with van der Waals surface area (Å²) in [6.07, 6.45) is 0.692. The van der Waals surface area contributed by atoms with Crippen LogP contribution in [-0.4, -0.2) is 20.1 Å². The van der Waals surface area contributed by atoms with Gasteiger partial charge in [0.1, 0.15) is 5.69 Å². The summed E-state index contributed by atoms with van der Waals surface area (Å²) in [5.74, 6) is 0. The summed E-state index contributed by atoms with van der Waals surface area (Å²) in [5.41, 5.74) is 6.09. The molecule has 1 N–H and O–H groups in total. The molecular formula is C18H19N3O. The van der Waals surface area contributed by atoms with Crippen molar-refractivity contribution in [3.8, 4) is 5.69 Å². The second-order valence-electron chi connectivity index (χ2n) is 5.51. The molecule has 1 aromatic heterocycles. The fraction of sp³-hybridized carbons (Fsp3) is 0.222. The average molecular weight is 293 g/mol. The number of aliphatic hydroxyl groups excluding tert-OH is 1. The first-order valence-corrected chi connectivity index (χ1v) is 7.35. The normalized spacial score (nSPS) is 10.9. The van der Waals surface area contributed by atoms with Crippen LogP contribution in [0.25, 0.3) is 5.69 Å². The van der Waals surface area contributed by atoms with Crippen LogP contribution in [0.3, 0.4) is 0 Å². The molecule has 22 heavy (non-hydrogen) atoms. The zero-order valence-electron chi connectivity index (χ0n) is 12.8. The molecule has 0 bridgehead atoms. The van der Waals surface area contributed by atoms with Crippen molar-refractivity contribution < 1.29 is 5.11 Å². The van der Waals surface area contributed by atoms with Crippen LogP contribution >= 0.6 is 0 Å². The van der Waals surface area contributed by atoms with E-state index in [4.69, 9.17) is 0 Å². The summed E-state index contributed by atoms with van der Waals surface area (Å²) in [7, 11) is 0. The van der Waals surface area contributed by atoms with Gasteiger partial charge < -0.3 is 5.11 Å². The number of aliphatic hydroxyl groups is 1. The summed E-state index contributed by atoms with van der Waals surface area (Å²) in [4.78, 5) is 0. The first kappa shape index (κ1) is 14.5. The van der Waals surface area contributed by atoms with Crippen LogP contribution < -0.4 is 0 Å². The second kappa shape index (κ2) is 6.12. The summed E-state index contributed by atoms with van der Waals surface area (Å²) >= 11 is 0. The van der Waals surface area contributed by atoms with Gasteiger partial charge in [-0.25, -0.2) is 4.68 Å². The van der Waals surface area contributed by atoms with Gasteiger partial charge in [-0.15, -0.1) is 5.10 Å². The predicted octanol–water partition coefficient (Wildman–Crippen LogP) is 2.97. The molecule has 3 rings (SSSR count). The van der Waals surface area contributed by atoms with Crippen LogP contribution in [0.2, 0.25) is 0 Å². The Labute approximate surface area is 130 Å². The topological polar surface area (TPSA) is 50.9 Å². The Morgan fingerprint density at radius 2 is 1.82 bits per heavy atom. The third kappa shape index (κ3) is 2.78. The van der Waals surface area contributed by atoms with E-state index in [9.17, 15) is 5.11 Å². The van der Waals surface area contributed by atoms with Crippen molar-refractivity contribution >= 4 is 0 Å². The maximum Gasteiger partial charge on any atom is 0.112 e. The van der Waals surface area contributed by atoms with Crippen molar-refractivity contribution in [3.05, 3.63) is 76.6 Å². The van der Waals surface area contributed by atoms with E-state index >= 15 is 0 Å². The Hall–Kier alpha value is -2.46. The van der Waals surface area contributed by atoms with Crippen molar-refractivity contribution in [1.82, 2.24) is 15.0 Å². The van der Waals surface area contributed by atoms with Gasteiger partial charge in [0, 0.05) is 6.42 Å². The first-order chi connectivity index (χ1) is 10.7. The van der Waals surface area contributed by atoms with Crippen LogP contribution in [0, 0.1) is 13.8 Å². The Morgan fingerprint density at radius 3 is 2.50 bits per heavy atom. The maximum absolute atomic E-state index is 9.55. The van der Waals surface area contributed by atoms with E-state index in [1.807, 2.05) is 22.9 Å². The largest absolute Gasteiger partial charge is 0.390 e. The predicted molar refractivity (Wildman–Crippen MR) is 86.0 cm³/mol. The molecule has 0 aliphatic heterocycles. The van der Waals surface area contributed by atoms with E-state index in [-0.39, 0.29) is 6.61 Å². The highest BCUT2D eigenvalue weighted by Gasteiger charge is 2.15. The molecule has 0 amide bonds. The molecule has 0 fully saturated rings. The van der Waals surface area contributed by atoms with Gasteiger partial charge >= 0.3 is 0 Å². The van der Waals surface area contributed by atoms with E-state index < -0.39 is 0 Å². The molecule has 112 valence electrons. The highest BCUT2D eigenvalue weighted by atomic mass is 16.3. The number of aryl methyl sites for hydroxylation is 2. The van der Waals surface area contributed by atoms with Gasteiger partial charge in [0.2, 0.25) is 0 Å². The number of hydrogen-bond donors (Lipinski definition) is 1. The lowest BCUT2D eigenvalue weighted by molar-refractivity contribution is 0.275. The van der Waals surface area contributed by atoms with E-state index in [1.54, 1.807) is 0 Å². The lowest BCUT2D eigenvalue weighted by Crippen LogP contribution is -2.06. The van der Waals surface area contributed by atoms with Crippen molar-refractivity contribution in [1.29, 1.82) is 0 Å². The van der Waals surface area contributed by atoms with E-state index in [2.05, 4.69) is 54.5 Å². The number of benzene rings is 2. The maximum atomic E-state index is 9.55. The van der Waals surface area contributed by atoms with Gasteiger partial charge in [0.05, 0.1) is 18.0 Å². The van der Waals surface area contributed by atoms with Crippen molar-refractivity contribution in [3.63, 3.8) is 0 Å². The van der Waals surface area contributed by atoms with Crippen LogP contribution in [-0.2, 0) is 13.0 Å². The van der Waals surface area contributed by atoms with Crippen molar-refractivity contribution in [2.45, 2.75) is 26.9 Å². The molecule has 0 atom stereocenters. The fourth-order valence-corrected chi connectivity index (χ4v) is 2.66. The van der Waals surface area contributed by atoms with E-state index in [0.717, 1.165) is 16.9 Å². The molecule has 4 nitrogen and oxygen atoms in total. The summed E-state index contributed by atoms with van der Waals surface area (Å²) in [6, 6.07) is 16.4. The zero-order valence-corrected chi connectivity index (χ0v) is 12.8. The van der Waals surface area contributed by atoms with Crippen molar-refractivity contribution in [2.24, 2.45) is 0 Å². The molecule has 0 aliphatic rings. The third-order valence-electron chi connectivity index (χ3n) is 3.79. The minimum Gasteiger partial charge on any atom is -0.390 e. The number of hydrogen-bond acceptors (Lipinski definition) is 3. The molecule has 0 spiro atoms. The molecule has 0 saturated heterocycles. The zero-order chi connectivity index (χ0) is 15.5. The highest BCUT2D eigenvalue weighted by Crippen LogP contribution is 2.20. The summed E-state index contributed by atoms with van der Waals surface area (Å²) < 4.78 is 1.84. The quantitative estimate of drug-likeness (QED) is 0.804. The minimum atomic E-state index is -0.104.